The molecular formula is C27H30N4O3. The van der Waals surface area contributed by atoms with Gasteiger partial charge in [0.05, 0.1) is 23.3 Å². The summed E-state index contributed by atoms with van der Waals surface area (Å²) in [6, 6.07) is 10.3. The Bertz CT molecular complexity index is 1280. The molecule has 1 unspecified atom stereocenters. The molecule has 0 radical (unpaired) electrons. The number of aliphatic hydroxyl groups is 1. The zero-order valence-electron chi connectivity index (χ0n) is 19.7. The number of hydrogen-bond donors (Lipinski definition) is 2. The maximum absolute atomic E-state index is 13.7. The summed E-state index contributed by atoms with van der Waals surface area (Å²) in [7, 11) is 0. The van der Waals surface area contributed by atoms with Gasteiger partial charge in [-0.05, 0) is 68.9 Å². The van der Waals surface area contributed by atoms with Gasteiger partial charge in [0.2, 0.25) is 0 Å². The number of nitrogens with one attached hydrogen (secondary N) is 1. The molecule has 3 aliphatic heterocycles. The summed E-state index contributed by atoms with van der Waals surface area (Å²) in [5.41, 5.74) is 7.44. The molecule has 7 heteroatoms. The largest absolute Gasteiger partial charge is 0.381 e. The first-order valence-corrected chi connectivity index (χ1v) is 12.2. The predicted molar refractivity (Wildman–Crippen MR) is 131 cm³/mol. The Morgan fingerprint density at radius 3 is 2.79 bits per heavy atom. The minimum absolute atomic E-state index is 0.00229. The van der Waals surface area contributed by atoms with E-state index in [-0.39, 0.29) is 11.8 Å². The third-order valence-electron chi connectivity index (χ3n) is 7.39. The van der Waals surface area contributed by atoms with Crippen molar-refractivity contribution in [3.63, 3.8) is 0 Å². The third kappa shape index (κ3) is 3.42. The summed E-state index contributed by atoms with van der Waals surface area (Å²) in [6.07, 6.45) is 4.66. The van der Waals surface area contributed by atoms with E-state index in [9.17, 15) is 9.90 Å². The highest BCUT2D eigenvalue weighted by Gasteiger charge is 2.32. The van der Waals surface area contributed by atoms with Gasteiger partial charge in [-0.25, -0.2) is 4.98 Å². The van der Waals surface area contributed by atoms with E-state index in [2.05, 4.69) is 41.1 Å². The van der Waals surface area contributed by atoms with Crippen LogP contribution in [0.5, 0.6) is 0 Å². The average molecular weight is 459 g/mol. The molecule has 0 aliphatic carbocycles. The van der Waals surface area contributed by atoms with Crippen LogP contribution < -0.4 is 10.2 Å². The Balaban J connectivity index is 1.40. The molecule has 2 N–H and O–H groups in total. The molecule has 6 rings (SSSR count). The van der Waals surface area contributed by atoms with Crippen LogP contribution >= 0.6 is 0 Å². The number of rotatable bonds is 2. The van der Waals surface area contributed by atoms with Gasteiger partial charge in [-0.2, -0.15) is 0 Å². The van der Waals surface area contributed by atoms with Gasteiger partial charge >= 0.3 is 0 Å². The number of benzene rings is 2. The summed E-state index contributed by atoms with van der Waals surface area (Å²) in [5, 5.41) is 14.0. The monoisotopic (exact) mass is 458 g/mol. The number of carbonyl (C=O) groups excluding carboxylic acids is 1. The van der Waals surface area contributed by atoms with Gasteiger partial charge < -0.3 is 20.1 Å². The Labute approximate surface area is 199 Å². The lowest BCUT2D eigenvalue weighted by Crippen LogP contribution is -2.36. The second kappa shape index (κ2) is 8.25. The Morgan fingerprint density at radius 1 is 1.15 bits per heavy atom. The van der Waals surface area contributed by atoms with Gasteiger partial charge in [0.1, 0.15) is 5.82 Å². The van der Waals surface area contributed by atoms with Crippen LogP contribution in [-0.4, -0.2) is 40.3 Å². The highest BCUT2D eigenvalue weighted by atomic mass is 16.5. The lowest BCUT2D eigenvalue weighted by Gasteiger charge is -2.32. The van der Waals surface area contributed by atoms with Crippen LogP contribution in [0.3, 0.4) is 0 Å². The Hall–Kier alpha value is -3.16. The Morgan fingerprint density at radius 2 is 1.97 bits per heavy atom. The highest BCUT2D eigenvalue weighted by molar-refractivity contribution is 6.08. The van der Waals surface area contributed by atoms with Crippen LogP contribution in [-0.2, 0) is 11.2 Å². The number of imidazole rings is 1. The van der Waals surface area contributed by atoms with Crippen LogP contribution in [0.2, 0.25) is 0 Å². The van der Waals surface area contributed by atoms with Crippen molar-refractivity contribution in [1.82, 2.24) is 9.55 Å². The quantitative estimate of drug-likeness (QED) is 0.595. The normalized spacial score (nSPS) is 19.7. The maximum atomic E-state index is 13.7. The number of nitrogens with zero attached hydrogens (tertiary/aromatic N) is 3. The van der Waals surface area contributed by atoms with Crippen LogP contribution in [0.4, 0.5) is 11.4 Å². The maximum Gasteiger partial charge on any atom is 0.258 e. The minimum Gasteiger partial charge on any atom is -0.381 e. The number of hydrogen-bond acceptors (Lipinski definition) is 5. The van der Waals surface area contributed by atoms with Crippen molar-refractivity contribution < 1.29 is 14.6 Å². The number of fused-ring (bicyclic) bond motifs is 4. The van der Waals surface area contributed by atoms with Crippen molar-refractivity contribution in [2.45, 2.75) is 51.7 Å². The fourth-order valence-electron chi connectivity index (χ4n) is 5.61. The number of aromatic nitrogens is 2. The zero-order chi connectivity index (χ0) is 23.4. The van der Waals surface area contributed by atoms with Crippen molar-refractivity contribution >= 4 is 17.3 Å². The molecule has 7 nitrogen and oxygen atoms in total. The van der Waals surface area contributed by atoms with Gasteiger partial charge in [-0.3, -0.25) is 9.36 Å². The molecule has 3 aromatic rings. The molecule has 1 saturated heterocycles. The highest BCUT2D eigenvalue weighted by Crippen LogP contribution is 2.39. The van der Waals surface area contributed by atoms with Crippen molar-refractivity contribution in [3.05, 3.63) is 70.3 Å². The van der Waals surface area contributed by atoms with E-state index in [1.165, 1.54) is 11.1 Å². The van der Waals surface area contributed by atoms with E-state index in [0.29, 0.717) is 12.1 Å². The van der Waals surface area contributed by atoms with Gasteiger partial charge in [0.15, 0.2) is 6.23 Å². The molecule has 34 heavy (non-hydrogen) atoms. The van der Waals surface area contributed by atoms with Gasteiger partial charge in [0, 0.05) is 36.9 Å². The third-order valence-corrected chi connectivity index (χ3v) is 7.39. The molecule has 176 valence electrons. The van der Waals surface area contributed by atoms with Crippen molar-refractivity contribution in [2.24, 2.45) is 0 Å². The SMILES string of the molecule is Cc1ccc2c(c1)CCCN2C(=O)c1cc2c(cc1C)-n1c(cnc1C1CCOCC1)C(O)N2. The zero-order valence-corrected chi connectivity index (χ0v) is 19.7. The molecule has 1 aromatic heterocycles. The average Bonchev–Trinajstić information content (AvgIpc) is 3.30. The number of aliphatic hydroxyl groups excluding tert-OH is 1. The summed E-state index contributed by atoms with van der Waals surface area (Å²) in [5.74, 6) is 1.25. The van der Waals surface area contributed by atoms with E-state index in [1.54, 1.807) is 6.20 Å². The number of amides is 1. The number of carbonyl (C=O) groups is 1. The number of ether oxygens (including phenoxy) is 1. The molecule has 0 bridgehead atoms. The lowest BCUT2D eigenvalue weighted by molar-refractivity contribution is 0.0831. The van der Waals surface area contributed by atoms with E-state index >= 15 is 0 Å². The first-order chi connectivity index (χ1) is 16.5. The fraction of sp³-hybridized carbons (Fsp3) is 0.407. The molecule has 1 fully saturated rings. The Kier molecular flexibility index (Phi) is 5.19. The van der Waals surface area contributed by atoms with Crippen LogP contribution in [0.15, 0.2) is 36.5 Å². The molecule has 1 amide bonds. The first kappa shape index (κ1) is 21.4. The van der Waals surface area contributed by atoms with E-state index in [0.717, 1.165) is 73.0 Å². The standard InChI is InChI=1S/C27H30N4O3/c1-16-5-6-22-19(12-16)4-3-9-30(22)27(33)20-14-21-23(13-17(20)2)31-24(26(32)29-21)15-28-25(31)18-7-10-34-11-8-18/h5-6,12-15,18,26,29,32H,3-4,7-11H2,1-2H3. The van der Waals surface area contributed by atoms with Crippen molar-refractivity contribution in [3.8, 4) is 5.69 Å². The lowest BCUT2D eigenvalue weighted by atomic mass is 9.96. The second-order valence-corrected chi connectivity index (χ2v) is 9.69. The summed E-state index contributed by atoms with van der Waals surface area (Å²) >= 11 is 0. The van der Waals surface area contributed by atoms with Gasteiger partial charge in [-0.1, -0.05) is 17.7 Å². The van der Waals surface area contributed by atoms with Crippen LogP contribution in [0.1, 0.15) is 70.0 Å². The molecular weight excluding hydrogens is 428 g/mol. The molecule has 3 aliphatic rings. The molecule has 4 heterocycles. The van der Waals surface area contributed by atoms with E-state index < -0.39 is 6.23 Å². The van der Waals surface area contributed by atoms with Gasteiger partial charge in [0.25, 0.3) is 5.91 Å². The van der Waals surface area contributed by atoms with Crippen molar-refractivity contribution in [1.29, 1.82) is 0 Å². The predicted octanol–water partition coefficient (Wildman–Crippen LogP) is 4.39. The van der Waals surface area contributed by atoms with Crippen LogP contribution in [0, 0.1) is 13.8 Å². The smallest absolute Gasteiger partial charge is 0.258 e. The first-order valence-electron chi connectivity index (χ1n) is 12.2. The topological polar surface area (TPSA) is 79.6 Å². The summed E-state index contributed by atoms with van der Waals surface area (Å²) in [6.45, 7) is 6.24. The molecule has 2 aromatic carbocycles. The van der Waals surface area contributed by atoms with Crippen molar-refractivity contribution in [2.75, 3.05) is 30.0 Å². The number of anilines is 2. The second-order valence-electron chi connectivity index (χ2n) is 9.69. The minimum atomic E-state index is -0.877. The van der Waals surface area contributed by atoms with Crippen LogP contribution in [0.25, 0.3) is 5.69 Å². The van der Waals surface area contributed by atoms with Gasteiger partial charge in [-0.15, -0.1) is 0 Å². The fourth-order valence-corrected chi connectivity index (χ4v) is 5.61. The van der Waals surface area contributed by atoms with E-state index in [1.807, 2.05) is 17.9 Å². The summed E-state index contributed by atoms with van der Waals surface area (Å²) < 4.78 is 7.62. The molecule has 1 atom stereocenters. The van der Waals surface area contributed by atoms with E-state index in [4.69, 9.17) is 9.72 Å². The molecule has 0 spiro atoms. The number of aryl methyl sites for hydroxylation is 3. The molecule has 0 saturated carbocycles. The summed E-state index contributed by atoms with van der Waals surface area (Å²) in [4.78, 5) is 20.3.